The number of hydrogen-bond acceptors (Lipinski definition) is 5. The van der Waals surface area contributed by atoms with Gasteiger partial charge in [0.25, 0.3) is 10.1 Å². The second-order valence-corrected chi connectivity index (χ2v) is 6.07. The van der Waals surface area contributed by atoms with Crippen molar-refractivity contribution in [1.29, 1.82) is 0 Å². The van der Waals surface area contributed by atoms with Crippen molar-refractivity contribution < 1.29 is 18.1 Å². The Balaban J connectivity index is 2.34. The molecule has 0 aliphatic rings. The molecule has 0 aliphatic carbocycles. The fourth-order valence-corrected chi connectivity index (χ4v) is 2.07. The Morgan fingerprint density at radius 2 is 1.90 bits per heavy atom. The van der Waals surface area contributed by atoms with Crippen LogP contribution in [0.4, 0.5) is 0 Å². The SMILES string of the molecule is CC[C@](C)(O)c1cn(-c2ccc(S(=O)(=O)O)cc2)nn1. The largest absolute Gasteiger partial charge is 0.384 e. The summed E-state index contributed by atoms with van der Waals surface area (Å²) in [6, 6.07) is 5.51. The Labute approximate surface area is 116 Å². The minimum Gasteiger partial charge on any atom is -0.384 e. The fraction of sp³-hybridized carbons (Fsp3) is 0.333. The van der Waals surface area contributed by atoms with E-state index in [2.05, 4.69) is 10.3 Å². The zero-order chi connectivity index (χ0) is 15.0. The monoisotopic (exact) mass is 297 g/mol. The Hall–Kier alpha value is -1.77. The van der Waals surface area contributed by atoms with Gasteiger partial charge in [0.15, 0.2) is 0 Å². The maximum Gasteiger partial charge on any atom is 0.294 e. The molecule has 0 spiro atoms. The van der Waals surface area contributed by atoms with E-state index >= 15 is 0 Å². The van der Waals surface area contributed by atoms with Crippen LogP contribution in [0.2, 0.25) is 0 Å². The van der Waals surface area contributed by atoms with E-state index in [1.807, 2.05) is 6.92 Å². The van der Waals surface area contributed by atoms with Gasteiger partial charge in [-0.15, -0.1) is 5.10 Å². The molecule has 1 atom stereocenters. The molecule has 0 fully saturated rings. The first-order chi connectivity index (χ1) is 9.24. The minimum atomic E-state index is -4.21. The number of rotatable bonds is 4. The molecule has 0 unspecified atom stereocenters. The second kappa shape index (κ2) is 4.97. The predicted octanol–water partition coefficient (Wildman–Crippen LogP) is 1.13. The van der Waals surface area contributed by atoms with Crippen molar-refractivity contribution in [2.45, 2.75) is 30.8 Å². The van der Waals surface area contributed by atoms with Gasteiger partial charge in [-0.05, 0) is 37.6 Å². The molecular formula is C12H15N3O4S. The normalized spacial score (nSPS) is 15.0. The van der Waals surface area contributed by atoms with Gasteiger partial charge in [-0.2, -0.15) is 8.42 Å². The van der Waals surface area contributed by atoms with Crippen molar-refractivity contribution in [2.24, 2.45) is 0 Å². The van der Waals surface area contributed by atoms with E-state index in [4.69, 9.17) is 4.55 Å². The molecule has 7 nitrogen and oxygen atoms in total. The van der Waals surface area contributed by atoms with Crippen molar-refractivity contribution >= 4 is 10.1 Å². The summed E-state index contributed by atoms with van der Waals surface area (Å²) in [6.07, 6.45) is 2.07. The summed E-state index contributed by atoms with van der Waals surface area (Å²) in [7, 11) is -4.21. The van der Waals surface area contributed by atoms with Crippen molar-refractivity contribution in [1.82, 2.24) is 15.0 Å². The van der Waals surface area contributed by atoms with Crippen molar-refractivity contribution in [3.8, 4) is 5.69 Å². The van der Waals surface area contributed by atoms with E-state index < -0.39 is 15.7 Å². The van der Waals surface area contributed by atoms with Crippen LogP contribution in [-0.4, -0.2) is 33.1 Å². The van der Waals surface area contributed by atoms with E-state index in [0.717, 1.165) is 0 Å². The maximum absolute atomic E-state index is 10.9. The molecule has 2 rings (SSSR count). The van der Waals surface area contributed by atoms with E-state index in [1.54, 1.807) is 13.1 Å². The van der Waals surface area contributed by atoms with Gasteiger partial charge in [-0.25, -0.2) is 4.68 Å². The lowest BCUT2D eigenvalue weighted by Gasteiger charge is -2.16. The lowest BCUT2D eigenvalue weighted by molar-refractivity contribution is 0.0484. The molecule has 0 saturated heterocycles. The average molecular weight is 297 g/mol. The lowest BCUT2D eigenvalue weighted by Crippen LogP contribution is -2.20. The van der Waals surface area contributed by atoms with Crippen LogP contribution in [0.3, 0.4) is 0 Å². The van der Waals surface area contributed by atoms with Gasteiger partial charge in [0, 0.05) is 0 Å². The Kier molecular flexibility index (Phi) is 3.63. The first kappa shape index (κ1) is 14.6. The summed E-state index contributed by atoms with van der Waals surface area (Å²) in [5.41, 5.74) is -0.0611. The lowest BCUT2D eigenvalue weighted by atomic mass is 10.0. The number of hydrogen-bond donors (Lipinski definition) is 2. The van der Waals surface area contributed by atoms with Crippen LogP contribution in [0, 0.1) is 0 Å². The minimum absolute atomic E-state index is 0.192. The molecule has 1 aromatic heterocycles. The Morgan fingerprint density at radius 3 is 2.40 bits per heavy atom. The average Bonchev–Trinajstić information content (AvgIpc) is 2.88. The van der Waals surface area contributed by atoms with Gasteiger partial charge >= 0.3 is 0 Å². The molecule has 20 heavy (non-hydrogen) atoms. The quantitative estimate of drug-likeness (QED) is 0.820. The molecule has 1 heterocycles. The van der Waals surface area contributed by atoms with Crippen LogP contribution in [0.1, 0.15) is 26.0 Å². The van der Waals surface area contributed by atoms with Gasteiger partial charge in [0.05, 0.1) is 16.8 Å². The number of aromatic nitrogens is 3. The molecule has 0 saturated carbocycles. The summed E-state index contributed by atoms with van der Waals surface area (Å²) in [6.45, 7) is 3.47. The third-order valence-electron chi connectivity index (χ3n) is 3.13. The first-order valence-corrected chi connectivity index (χ1v) is 7.41. The van der Waals surface area contributed by atoms with Gasteiger partial charge in [0.2, 0.25) is 0 Å². The number of nitrogens with zero attached hydrogens (tertiary/aromatic N) is 3. The predicted molar refractivity (Wildman–Crippen MR) is 71.0 cm³/mol. The fourth-order valence-electron chi connectivity index (χ4n) is 1.59. The number of aliphatic hydroxyl groups is 1. The molecule has 108 valence electrons. The van der Waals surface area contributed by atoms with Crippen LogP contribution in [0.15, 0.2) is 35.4 Å². The smallest absolute Gasteiger partial charge is 0.294 e. The highest BCUT2D eigenvalue weighted by molar-refractivity contribution is 7.85. The van der Waals surface area contributed by atoms with E-state index in [9.17, 15) is 13.5 Å². The molecule has 0 radical (unpaired) electrons. The molecule has 0 amide bonds. The standard InChI is InChI=1S/C12H15N3O4S/c1-3-12(2,16)11-8-15(14-13-11)9-4-6-10(7-5-9)20(17,18)19/h4-8,16H,3H2,1-2H3,(H,17,18,19)/t12-/m0/s1. The van der Waals surface area contributed by atoms with Gasteiger partial charge in [-0.1, -0.05) is 12.1 Å². The third kappa shape index (κ3) is 2.87. The zero-order valence-corrected chi connectivity index (χ0v) is 11.9. The molecule has 8 heteroatoms. The van der Waals surface area contributed by atoms with Gasteiger partial charge in [-0.3, -0.25) is 4.55 Å². The summed E-state index contributed by atoms with van der Waals surface area (Å²) in [5.74, 6) is 0. The van der Waals surface area contributed by atoms with Crippen LogP contribution in [0.5, 0.6) is 0 Å². The topological polar surface area (TPSA) is 105 Å². The Bertz CT molecular complexity index is 705. The summed E-state index contributed by atoms with van der Waals surface area (Å²) in [5, 5.41) is 17.9. The van der Waals surface area contributed by atoms with E-state index in [0.29, 0.717) is 17.8 Å². The van der Waals surface area contributed by atoms with Gasteiger partial charge < -0.3 is 5.11 Å². The molecular weight excluding hydrogens is 282 g/mol. The summed E-state index contributed by atoms with van der Waals surface area (Å²) in [4.78, 5) is -0.192. The van der Waals surface area contributed by atoms with E-state index in [1.165, 1.54) is 28.9 Å². The highest BCUT2D eigenvalue weighted by atomic mass is 32.2. The third-order valence-corrected chi connectivity index (χ3v) is 4.00. The molecule has 2 N–H and O–H groups in total. The summed E-state index contributed by atoms with van der Waals surface area (Å²) < 4.78 is 32.2. The van der Waals surface area contributed by atoms with Crippen LogP contribution in [0.25, 0.3) is 5.69 Å². The zero-order valence-electron chi connectivity index (χ0n) is 11.1. The highest BCUT2D eigenvalue weighted by Gasteiger charge is 2.24. The van der Waals surface area contributed by atoms with Crippen molar-refractivity contribution in [2.75, 3.05) is 0 Å². The molecule has 1 aromatic carbocycles. The van der Waals surface area contributed by atoms with Crippen LogP contribution >= 0.6 is 0 Å². The van der Waals surface area contributed by atoms with Crippen molar-refractivity contribution in [3.63, 3.8) is 0 Å². The Morgan fingerprint density at radius 1 is 1.30 bits per heavy atom. The highest BCUT2D eigenvalue weighted by Crippen LogP contribution is 2.22. The number of benzene rings is 1. The molecule has 0 aliphatic heterocycles. The summed E-state index contributed by atoms with van der Waals surface area (Å²) >= 11 is 0. The van der Waals surface area contributed by atoms with Crippen molar-refractivity contribution in [3.05, 3.63) is 36.2 Å². The van der Waals surface area contributed by atoms with E-state index in [-0.39, 0.29) is 4.90 Å². The maximum atomic E-state index is 10.9. The first-order valence-electron chi connectivity index (χ1n) is 5.97. The second-order valence-electron chi connectivity index (χ2n) is 4.64. The van der Waals surface area contributed by atoms with Crippen LogP contribution < -0.4 is 0 Å². The molecule has 0 bridgehead atoms. The molecule has 2 aromatic rings. The van der Waals surface area contributed by atoms with Crippen LogP contribution in [-0.2, 0) is 15.7 Å². The van der Waals surface area contributed by atoms with Gasteiger partial charge in [0.1, 0.15) is 11.3 Å².